The fourth-order valence-corrected chi connectivity index (χ4v) is 5.62. The fourth-order valence-electron chi connectivity index (χ4n) is 4.19. The molecule has 0 saturated carbocycles. The first-order chi connectivity index (χ1) is 20.0. The molecule has 2 amide bonds. The Bertz CT molecular complexity index is 1450. The summed E-state index contributed by atoms with van der Waals surface area (Å²) in [6.45, 7) is 5.52. The number of carbonyl (C=O) groups is 2. The molecule has 0 aromatic heterocycles. The van der Waals surface area contributed by atoms with Crippen molar-refractivity contribution in [3.8, 4) is 17.2 Å². The molecule has 0 heterocycles. The number of ether oxygens (including phenoxy) is 3. The van der Waals surface area contributed by atoms with Crippen molar-refractivity contribution >= 4 is 27.5 Å². The van der Waals surface area contributed by atoms with E-state index < -0.39 is 28.5 Å². The molecule has 42 heavy (non-hydrogen) atoms. The molecule has 0 aliphatic heterocycles. The van der Waals surface area contributed by atoms with Crippen molar-refractivity contribution in [1.29, 1.82) is 0 Å². The van der Waals surface area contributed by atoms with Gasteiger partial charge in [0.15, 0.2) is 11.5 Å². The quantitative estimate of drug-likeness (QED) is 0.298. The highest BCUT2D eigenvalue weighted by Gasteiger charge is 2.33. The maximum Gasteiger partial charge on any atom is 0.264 e. The zero-order valence-electron chi connectivity index (χ0n) is 24.9. The number of sulfonamides is 1. The Hall–Kier alpha value is -4.25. The smallest absolute Gasteiger partial charge is 0.264 e. The predicted molar refractivity (Wildman–Crippen MR) is 161 cm³/mol. The average molecular weight is 598 g/mol. The Morgan fingerprint density at radius 2 is 1.48 bits per heavy atom. The third kappa shape index (κ3) is 7.94. The van der Waals surface area contributed by atoms with Crippen molar-refractivity contribution in [2.24, 2.45) is 5.92 Å². The molecule has 0 aliphatic carbocycles. The van der Waals surface area contributed by atoms with Crippen LogP contribution >= 0.6 is 0 Å². The number of nitrogens with one attached hydrogen (secondary N) is 1. The number of hydrogen-bond acceptors (Lipinski definition) is 7. The molecule has 3 rings (SSSR count). The molecule has 11 heteroatoms. The summed E-state index contributed by atoms with van der Waals surface area (Å²) in [5.41, 5.74) is 0.947. The molecule has 0 radical (unpaired) electrons. The van der Waals surface area contributed by atoms with E-state index in [0.717, 1.165) is 9.87 Å². The van der Waals surface area contributed by atoms with E-state index in [2.05, 4.69) is 5.32 Å². The van der Waals surface area contributed by atoms with Gasteiger partial charge in [0.05, 0.1) is 31.9 Å². The van der Waals surface area contributed by atoms with E-state index in [1.807, 2.05) is 13.8 Å². The highest BCUT2D eigenvalue weighted by atomic mass is 32.2. The van der Waals surface area contributed by atoms with Crippen molar-refractivity contribution in [2.75, 3.05) is 38.7 Å². The van der Waals surface area contributed by atoms with Crippen molar-refractivity contribution < 1.29 is 32.2 Å². The van der Waals surface area contributed by atoms with Gasteiger partial charge in [-0.05, 0) is 54.8 Å². The first kappa shape index (κ1) is 32.3. The zero-order chi connectivity index (χ0) is 30.9. The summed E-state index contributed by atoms with van der Waals surface area (Å²) in [7, 11) is 0.269. The third-order valence-corrected chi connectivity index (χ3v) is 8.42. The molecule has 0 bridgehead atoms. The number of benzene rings is 3. The van der Waals surface area contributed by atoms with Crippen molar-refractivity contribution in [1.82, 2.24) is 10.2 Å². The number of nitrogens with zero attached hydrogens (tertiary/aromatic N) is 2. The lowest BCUT2D eigenvalue weighted by Crippen LogP contribution is -2.51. The number of carbonyl (C=O) groups excluding carboxylic acids is 2. The fraction of sp³-hybridized carbons (Fsp3) is 0.355. The summed E-state index contributed by atoms with van der Waals surface area (Å²) in [4.78, 5) is 28.6. The highest BCUT2D eigenvalue weighted by molar-refractivity contribution is 7.92. The van der Waals surface area contributed by atoms with Crippen LogP contribution in [0.15, 0.2) is 77.7 Å². The average Bonchev–Trinajstić information content (AvgIpc) is 3.01. The highest BCUT2D eigenvalue weighted by Crippen LogP contribution is 2.34. The van der Waals surface area contributed by atoms with E-state index in [-0.39, 0.29) is 29.0 Å². The largest absolute Gasteiger partial charge is 0.497 e. The molecule has 10 nitrogen and oxygen atoms in total. The normalized spacial score (nSPS) is 11.9. The monoisotopic (exact) mass is 597 g/mol. The van der Waals surface area contributed by atoms with Crippen LogP contribution < -0.4 is 23.8 Å². The van der Waals surface area contributed by atoms with E-state index in [4.69, 9.17) is 14.2 Å². The van der Waals surface area contributed by atoms with Crippen molar-refractivity contribution in [3.63, 3.8) is 0 Å². The predicted octanol–water partition coefficient (Wildman–Crippen LogP) is 4.10. The Morgan fingerprint density at radius 1 is 0.833 bits per heavy atom. The lowest BCUT2D eigenvalue weighted by atomic mass is 10.1. The maximum absolute atomic E-state index is 14.1. The Balaban J connectivity index is 2.05. The van der Waals surface area contributed by atoms with E-state index >= 15 is 0 Å². The Morgan fingerprint density at radius 3 is 2.05 bits per heavy atom. The third-order valence-electron chi connectivity index (χ3n) is 6.63. The molecule has 0 unspecified atom stereocenters. The van der Waals surface area contributed by atoms with Gasteiger partial charge in [0.2, 0.25) is 11.8 Å². The standard InChI is InChI=1S/C31H39N3O7S/c1-22(2)19-32-31(36)23(3)33(20-24-12-15-26(39-4)16-13-24)30(35)21-34(42(37,38)27-10-8-7-9-11-27)25-14-17-28(40-5)29(18-25)41-6/h7-18,22-23H,19-21H2,1-6H3,(H,32,36)/t23-/m0/s1. The van der Waals surface area contributed by atoms with Gasteiger partial charge in [-0.25, -0.2) is 8.42 Å². The second-order valence-electron chi connectivity index (χ2n) is 10.0. The van der Waals surface area contributed by atoms with E-state index in [1.165, 1.54) is 37.3 Å². The van der Waals surface area contributed by atoms with E-state index in [1.54, 1.807) is 68.6 Å². The summed E-state index contributed by atoms with van der Waals surface area (Å²) < 4.78 is 44.9. The molecule has 1 N–H and O–H groups in total. The van der Waals surface area contributed by atoms with Crippen LogP contribution in [-0.4, -0.2) is 65.6 Å². The van der Waals surface area contributed by atoms with Crippen LogP contribution in [0, 0.1) is 5.92 Å². The maximum atomic E-state index is 14.1. The molecule has 226 valence electrons. The number of rotatable bonds is 14. The Kier molecular flexibility index (Phi) is 11.2. The van der Waals surface area contributed by atoms with Crippen molar-refractivity contribution in [2.45, 2.75) is 38.3 Å². The second kappa shape index (κ2) is 14.6. The molecule has 0 fully saturated rings. The van der Waals surface area contributed by atoms with Gasteiger partial charge in [-0.3, -0.25) is 13.9 Å². The van der Waals surface area contributed by atoms with E-state index in [9.17, 15) is 18.0 Å². The summed E-state index contributed by atoms with van der Waals surface area (Å²) in [5, 5.41) is 2.87. The SMILES string of the molecule is COc1ccc(CN(C(=O)CN(c2ccc(OC)c(OC)c2)S(=O)(=O)c2ccccc2)[C@@H](C)C(=O)NCC(C)C)cc1. The summed E-state index contributed by atoms with van der Waals surface area (Å²) in [6, 6.07) is 18.7. The lowest BCUT2D eigenvalue weighted by molar-refractivity contribution is -0.139. The van der Waals surface area contributed by atoms with Crippen molar-refractivity contribution in [3.05, 3.63) is 78.4 Å². The first-order valence-electron chi connectivity index (χ1n) is 13.5. The van der Waals surface area contributed by atoms with Gasteiger partial charge in [-0.1, -0.05) is 44.2 Å². The number of methoxy groups -OCH3 is 3. The van der Waals surface area contributed by atoms with Gasteiger partial charge in [0.1, 0.15) is 18.3 Å². The zero-order valence-corrected chi connectivity index (χ0v) is 25.7. The minimum absolute atomic E-state index is 0.0111. The number of hydrogen-bond donors (Lipinski definition) is 1. The van der Waals surface area contributed by atoms with Crippen LogP contribution in [0.1, 0.15) is 26.3 Å². The summed E-state index contributed by atoms with van der Waals surface area (Å²) in [6.07, 6.45) is 0. The van der Waals surface area contributed by atoms with Gasteiger partial charge >= 0.3 is 0 Å². The van der Waals surface area contributed by atoms with Gasteiger partial charge < -0.3 is 24.4 Å². The van der Waals surface area contributed by atoms with Gasteiger partial charge in [0.25, 0.3) is 10.0 Å². The van der Waals surface area contributed by atoms with Gasteiger partial charge in [0, 0.05) is 19.2 Å². The second-order valence-corrected chi connectivity index (χ2v) is 11.9. The molecule has 0 saturated heterocycles. The molecule has 3 aromatic carbocycles. The topological polar surface area (TPSA) is 114 Å². The van der Waals surface area contributed by atoms with Crippen LogP contribution in [0.2, 0.25) is 0 Å². The Labute approximate surface area is 248 Å². The van der Waals surface area contributed by atoms with Gasteiger partial charge in [-0.2, -0.15) is 0 Å². The van der Waals surface area contributed by atoms with Crippen LogP contribution in [0.5, 0.6) is 17.2 Å². The number of amides is 2. The molecule has 0 aliphatic rings. The van der Waals surface area contributed by atoms with Crippen LogP contribution in [0.25, 0.3) is 0 Å². The van der Waals surface area contributed by atoms with Crippen LogP contribution in [0.3, 0.4) is 0 Å². The lowest BCUT2D eigenvalue weighted by Gasteiger charge is -2.32. The molecular weight excluding hydrogens is 558 g/mol. The van der Waals surface area contributed by atoms with Gasteiger partial charge in [-0.15, -0.1) is 0 Å². The number of anilines is 1. The first-order valence-corrected chi connectivity index (χ1v) is 15.0. The molecule has 1 atom stereocenters. The van der Waals surface area contributed by atoms with Crippen LogP contribution in [0.4, 0.5) is 5.69 Å². The van der Waals surface area contributed by atoms with Crippen LogP contribution in [-0.2, 0) is 26.2 Å². The minimum atomic E-state index is -4.20. The summed E-state index contributed by atoms with van der Waals surface area (Å²) in [5.74, 6) is 0.659. The minimum Gasteiger partial charge on any atom is -0.497 e. The molecular formula is C31H39N3O7S. The summed E-state index contributed by atoms with van der Waals surface area (Å²) >= 11 is 0. The molecule has 0 spiro atoms. The van der Waals surface area contributed by atoms with E-state index in [0.29, 0.717) is 23.8 Å². The molecule has 3 aromatic rings.